The van der Waals surface area contributed by atoms with Crippen LogP contribution in [0.3, 0.4) is 0 Å². The average molecular weight is 206 g/mol. The third kappa shape index (κ3) is 17400. The van der Waals surface area contributed by atoms with Crippen molar-refractivity contribution < 1.29 is 44.0 Å². The first-order chi connectivity index (χ1) is 3.73. The van der Waals surface area contributed by atoms with Gasteiger partial charge in [-0.2, -0.15) is 8.42 Å². The van der Waals surface area contributed by atoms with E-state index in [9.17, 15) is 0 Å². The number of primary amides is 2. The van der Waals surface area contributed by atoms with E-state index in [-0.39, 0.29) is 21.7 Å². The standard InChI is InChI=1S/CH4N2O.H2O4S.Ti/c2-1(3)4;1-5(2,3)4;/h(H4,2,3,4);(H2,1,2,3,4);. The number of nitrogens with two attached hydrogens (primary N) is 2. The summed E-state index contributed by atoms with van der Waals surface area (Å²) in [6.07, 6.45) is 0. The molecule has 10 heavy (non-hydrogen) atoms. The van der Waals surface area contributed by atoms with Crippen molar-refractivity contribution in [2.75, 3.05) is 0 Å². The maximum Gasteiger partial charge on any atom is 0.394 e. The number of urea groups is 1. The third-order valence-corrected chi connectivity index (χ3v) is 0. The van der Waals surface area contributed by atoms with Crippen LogP contribution in [-0.2, 0) is 32.1 Å². The first-order valence-corrected chi connectivity index (χ1v) is 2.88. The molecule has 60 valence electrons. The maximum absolute atomic E-state index is 9.00. The predicted molar refractivity (Wildman–Crippen MR) is 27.9 cm³/mol. The van der Waals surface area contributed by atoms with Crippen LogP contribution in [0, 0.1) is 0 Å². The molecule has 0 fully saturated rings. The molecule has 0 aromatic rings. The van der Waals surface area contributed by atoms with Crippen molar-refractivity contribution in [3.05, 3.63) is 0 Å². The molecule has 0 radical (unpaired) electrons. The summed E-state index contributed by atoms with van der Waals surface area (Å²) < 4.78 is 31.6. The Morgan fingerprint density at radius 2 is 1.20 bits per heavy atom. The SMILES string of the molecule is NC(N)=O.O=S(=O)(O)O.[Ti]. The summed E-state index contributed by atoms with van der Waals surface area (Å²) in [7, 11) is -4.67. The number of carbonyl (C=O) groups excluding carboxylic acids is 1. The average Bonchev–Trinajstić information content (AvgIpc) is 1.19. The molecule has 0 aliphatic carbocycles. The van der Waals surface area contributed by atoms with E-state index in [0.29, 0.717) is 0 Å². The van der Waals surface area contributed by atoms with Crippen LogP contribution in [0.15, 0.2) is 0 Å². The van der Waals surface area contributed by atoms with Crippen LogP contribution in [0.25, 0.3) is 0 Å². The van der Waals surface area contributed by atoms with Crippen LogP contribution in [-0.4, -0.2) is 23.6 Å². The Hall–Kier alpha value is -0.146. The van der Waals surface area contributed by atoms with Gasteiger partial charge in [0.2, 0.25) is 0 Å². The normalized spacial score (nSPS) is 8.20. The number of carbonyl (C=O) groups is 1. The molecule has 9 heteroatoms. The summed E-state index contributed by atoms with van der Waals surface area (Å²) in [6.45, 7) is 0. The summed E-state index contributed by atoms with van der Waals surface area (Å²) in [4.78, 5) is 9.00. The molecule has 0 bridgehead atoms. The van der Waals surface area contributed by atoms with Crippen LogP contribution in [0.2, 0.25) is 0 Å². The molecule has 0 rings (SSSR count). The van der Waals surface area contributed by atoms with E-state index >= 15 is 0 Å². The summed E-state index contributed by atoms with van der Waals surface area (Å²) >= 11 is 0. The molecule has 0 heterocycles. The monoisotopic (exact) mass is 206 g/mol. The van der Waals surface area contributed by atoms with Gasteiger partial charge in [0, 0.05) is 21.7 Å². The predicted octanol–water partition coefficient (Wildman–Crippen LogP) is -1.63. The summed E-state index contributed by atoms with van der Waals surface area (Å²) in [6, 6.07) is -0.833. The molecule has 0 aromatic heterocycles. The van der Waals surface area contributed by atoms with Crippen LogP contribution < -0.4 is 11.5 Å². The Morgan fingerprint density at radius 1 is 1.20 bits per heavy atom. The molecular formula is CH6N2O5STi. The van der Waals surface area contributed by atoms with Crippen LogP contribution in [0.4, 0.5) is 4.79 Å². The molecule has 0 atom stereocenters. The second-order valence-electron chi connectivity index (χ2n) is 0.850. The van der Waals surface area contributed by atoms with Gasteiger partial charge in [-0.05, 0) is 0 Å². The van der Waals surface area contributed by atoms with Gasteiger partial charge in [-0.3, -0.25) is 9.11 Å². The van der Waals surface area contributed by atoms with Gasteiger partial charge in [-0.1, -0.05) is 0 Å². The van der Waals surface area contributed by atoms with Gasteiger partial charge >= 0.3 is 16.4 Å². The summed E-state index contributed by atoms with van der Waals surface area (Å²) in [5, 5.41) is 0. The summed E-state index contributed by atoms with van der Waals surface area (Å²) in [5.74, 6) is 0. The van der Waals surface area contributed by atoms with Gasteiger partial charge in [0.1, 0.15) is 0 Å². The van der Waals surface area contributed by atoms with Crippen LogP contribution in [0.5, 0.6) is 0 Å². The largest absolute Gasteiger partial charge is 0.394 e. The maximum atomic E-state index is 9.00. The number of amides is 2. The minimum atomic E-state index is -4.67. The molecule has 0 aliphatic heterocycles. The van der Waals surface area contributed by atoms with Crippen molar-refractivity contribution in [3.63, 3.8) is 0 Å². The fourth-order valence-electron chi connectivity index (χ4n) is 0. The van der Waals surface area contributed by atoms with Crippen molar-refractivity contribution in [1.29, 1.82) is 0 Å². The van der Waals surface area contributed by atoms with Crippen molar-refractivity contribution in [2.45, 2.75) is 0 Å². The second-order valence-corrected chi connectivity index (χ2v) is 1.75. The third-order valence-electron chi connectivity index (χ3n) is 0. The van der Waals surface area contributed by atoms with E-state index in [1.165, 1.54) is 0 Å². The Bertz CT molecular complexity index is 162. The number of hydrogen-bond acceptors (Lipinski definition) is 3. The Morgan fingerprint density at radius 3 is 1.20 bits per heavy atom. The zero-order valence-corrected chi connectivity index (χ0v) is 7.06. The first kappa shape index (κ1) is 16.4. The fraction of sp³-hybridized carbons (Fsp3) is 0. The molecule has 0 saturated heterocycles. The fourth-order valence-corrected chi connectivity index (χ4v) is 0. The van der Waals surface area contributed by atoms with Gasteiger partial charge < -0.3 is 11.5 Å². The zero-order chi connectivity index (χ0) is 8.08. The minimum Gasteiger partial charge on any atom is -0.352 e. The molecule has 0 spiro atoms. The second kappa shape index (κ2) is 6.97. The molecule has 0 unspecified atom stereocenters. The zero-order valence-electron chi connectivity index (χ0n) is 4.68. The van der Waals surface area contributed by atoms with Crippen molar-refractivity contribution in [2.24, 2.45) is 11.5 Å². The molecule has 7 nitrogen and oxygen atoms in total. The molecule has 0 aromatic carbocycles. The van der Waals surface area contributed by atoms with Crippen molar-refractivity contribution in [3.8, 4) is 0 Å². The van der Waals surface area contributed by atoms with E-state index in [4.69, 9.17) is 22.3 Å². The van der Waals surface area contributed by atoms with Gasteiger partial charge in [0.05, 0.1) is 0 Å². The smallest absolute Gasteiger partial charge is 0.352 e. The Balaban J connectivity index is -0.0000000910. The van der Waals surface area contributed by atoms with Crippen molar-refractivity contribution in [1.82, 2.24) is 0 Å². The van der Waals surface area contributed by atoms with Gasteiger partial charge in [-0.15, -0.1) is 0 Å². The quantitative estimate of drug-likeness (QED) is 0.277. The van der Waals surface area contributed by atoms with Crippen molar-refractivity contribution >= 4 is 16.4 Å². The molecule has 0 aliphatic rings. The Labute approximate surface area is 72.2 Å². The van der Waals surface area contributed by atoms with Gasteiger partial charge in [-0.25, -0.2) is 4.79 Å². The molecule has 0 saturated carbocycles. The van der Waals surface area contributed by atoms with Crippen LogP contribution in [0.1, 0.15) is 0 Å². The molecule has 6 N–H and O–H groups in total. The summed E-state index contributed by atoms with van der Waals surface area (Å²) in [5.41, 5.74) is 8.50. The Kier molecular flexibility index (Phi) is 11.5. The van der Waals surface area contributed by atoms with E-state index in [2.05, 4.69) is 11.5 Å². The van der Waals surface area contributed by atoms with Gasteiger partial charge in [0.25, 0.3) is 0 Å². The van der Waals surface area contributed by atoms with Gasteiger partial charge in [0.15, 0.2) is 0 Å². The van der Waals surface area contributed by atoms with E-state index in [1.54, 1.807) is 0 Å². The van der Waals surface area contributed by atoms with E-state index < -0.39 is 16.4 Å². The number of hydrogen-bond donors (Lipinski definition) is 4. The van der Waals surface area contributed by atoms with E-state index in [1.807, 2.05) is 0 Å². The van der Waals surface area contributed by atoms with E-state index in [0.717, 1.165) is 0 Å². The topological polar surface area (TPSA) is 144 Å². The molecular weight excluding hydrogens is 200 g/mol. The van der Waals surface area contributed by atoms with Crippen LogP contribution >= 0.6 is 0 Å². The molecule has 2 amide bonds. The number of rotatable bonds is 0. The minimum absolute atomic E-state index is 0. The first-order valence-electron chi connectivity index (χ1n) is 1.48.